The van der Waals surface area contributed by atoms with E-state index in [1.807, 2.05) is 18.2 Å². The van der Waals surface area contributed by atoms with Crippen molar-refractivity contribution in [3.05, 3.63) is 23.8 Å². The summed E-state index contributed by atoms with van der Waals surface area (Å²) in [6.45, 7) is 0.790. The second kappa shape index (κ2) is 7.14. The van der Waals surface area contributed by atoms with E-state index in [9.17, 15) is 4.79 Å². The molecule has 1 aliphatic heterocycles. The smallest absolute Gasteiger partial charge is 0.227 e. The van der Waals surface area contributed by atoms with Crippen molar-refractivity contribution in [2.75, 3.05) is 11.9 Å². The van der Waals surface area contributed by atoms with E-state index in [1.165, 1.54) is 5.56 Å². The zero-order chi connectivity index (χ0) is 13.9. The van der Waals surface area contributed by atoms with Gasteiger partial charge in [0.05, 0.1) is 6.61 Å². The van der Waals surface area contributed by atoms with Crippen LogP contribution in [0.2, 0.25) is 0 Å². The molecule has 2 aliphatic rings. The Hall–Kier alpha value is -1.26. The van der Waals surface area contributed by atoms with E-state index in [4.69, 9.17) is 10.5 Å². The Labute approximate surface area is 131 Å². The molecular weight excluding hydrogens is 288 g/mol. The number of hydrogen-bond acceptors (Lipinski definition) is 3. The van der Waals surface area contributed by atoms with Gasteiger partial charge in [-0.3, -0.25) is 4.79 Å². The molecule has 1 heterocycles. The van der Waals surface area contributed by atoms with E-state index in [1.54, 1.807) is 0 Å². The average Bonchev–Trinajstić information content (AvgIpc) is 2.47. The number of benzene rings is 1. The second-order valence-electron chi connectivity index (χ2n) is 5.89. The number of ether oxygens (including phenoxy) is 1. The Balaban J connectivity index is 0.00000161. The lowest BCUT2D eigenvalue weighted by Crippen LogP contribution is -2.34. The molecule has 1 amide bonds. The van der Waals surface area contributed by atoms with Gasteiger partial charge in [0.1, 0.15) is 5.75 Å². The molecular formula is C16H23ClN2O2. The molecule has 4 nitrogen and oxygen atoms in total. The van der Waals surface area contributed by atoms with Crippen molar-refractivity contribution in [3.63, 3.8) is 0 Å². The summed E-state index contributed by atoms with van der Waals surface area (Å²) >= 11 is 0. The van der Waals surface area contributed by atoms with Crippen LogP contribution in [-0.2, 0) is 11.2 Å². The number of nitrogens with one attached hydrogen (secondary N) is 1. The molecule has 2 atom stereocenters. The fourth-order valence-electron chi connectivity index (χ4n) is 3.15. The van der Waals surface area contributed by atoms with Crippen LogP contribution in [0.25, 0.3) is 0 Å². The van der Waals surface area contributed by atoms with Gasteiger partial charge < -0.3 is 15.8 Å². The van der Waals surface area contributed by atoms with Gasteiger partial charge in [0.25, 0.3) is 0 Å². The molecule has 0 bridgehead atoms. The number of rotatable bonds is 2. The van der Waals surface area contributed by atoms with E-state index < -0.39 is 0 Å². The molecule has 1 saturated carbocycles. The Bertz CT molecular complexity index is 507. The third-order valence-corrected chi connectivity index (χ3v) is 4.26. The molecule has 3 rings (SSSR count). The van der Waals surface area contributed by atoms with Crippen LogP contribution in [-0.4, -0.2) is 18.6 Å². The van der Waals surface area contributed by atoms with Crippen LogP contribution in [0, 0.1) is 5.92 Å². The van der Waals surface area contributed by atoms with Gasteiger partial charge in [0.15, 0.2) is 0 Å². The molecule has 1 fully saturated rings. The zero-order valence-electron chi connectivity index (χ0n) is 12.1. The molecule has 116 valence electrons. The maximum absolute atomic E-state index is 12.3. The number of halogens is 1. The molecule has 1 aliphatic carbocycles. The largest absolute Gasteiger partial charge is 0.493 e. The van der Waals surface area contributed by atoms with E-state index >= 15 is 0 Å². The number of fused-ring (bicyclic) bond motifs is 1. The van der Waals surface area contributed by atoms with Crippen LogP contribution in [0.4, 0.5) is 5.69 Å². The van der Waals surface area contributed by atoms with Crippen molar-refractivity contribution >= 4 is 24.0 Å². The third-order valence-electron chi connectivity index (χ3n) is 4.26. The minimum Gasteiger partial charge on any atom is -0.493 e. The van der Waals surface area contributed by atoms with Crippen LogP contribution in [0.3, 0.4) is 0 Å². The fourth-order valence-corrected chi connectivity index (χ4v) is 3.15. The highest BCUT2D eigenvalue weighted by molar-refractivity contribution is 5.92. The molecule has 0 radical (unpaired) electrons. The molecule has 1 aromatic rings. The van der Waals surface area contributed by atoms with E-state index in [0.717, 1.165) is 56.6 Å². The normalized spacial score (nSPS) is 24.2. The van der Waals surface area contributed by atoms with Crippen molar-refractivity contribution in [2.45, 2.75) is 44.6 Å². The minimum atomic E-state index is 0. The topological polar surface area (TPSA) is 64.4 Å². The zero-order valence-corrected chi connectivity index (χ0v) is 13.0. The number of carbonyl (C=O) groups is 1. The Kier molecular flexibility index (Phi) is 5.48. The highest BCUT2D eigenvalue weighted by Crippen LogP contribution is 2.29. The summed E-state index contributed by atoms with van der Waals surface area (Å²) in [5, 5.41) is 3.03. The standard InChI is InChI=1S/C16H22N2O2.ClH/c17-13-5-1-3-12(9-13)16(19)18-14-6-7-15-11(10-14)4-2-8-20-15;/h6-7,10,12-13H,1-5,8-9,17H2,(H,18,19);1H. The van der Waals surface area contributed by atoms with Crippen LogP contribution in [0.1, 0.15) is 37.7 Å². The molecule has 2 unspecified atom stereocenters. The van der Waals surface area contributed by atoms with E-state index in [2.05, 4.69) is 5.32 Å². The third kappa shape index (κ3) is 3.89. The molecule has 5 heteroatoms. The Morgan fingerprint density at radius 1 is 1.29 bits per heavy atom. The summed E-state index contributed by atoms with van der Waals surface area (Å²) in [6.07, 6.45) is 5.92. The number of hydrogen-bond donors (Lipinski definition) is 2. The molecule has 21 heavy (non-hydrogen) atoms. The molecule has 0 saturated heterocycles. The first-order valence-electron chi connectivity index (χ1n) is 7.54. The summed E-state index contributed by atoms with van der Waals surface area (Å²) in [4.78, 5) is 12.3. The van der Waals surface area contributed by atoms with Gasteiger partial charge in [-0.15, -0.1) is 12.4 Å². The highest BCUT2D eigenvalue weighted by Gasteiger charge is 2.25. The quantitative estimate of drug-likeness (QED) is 0.883. The fraction of sp³-hybridized carbons (Fsp3) is 0.562. The van der Waals surface area contributed by atoms with Crippen molar-refractivity contribution in [1.29, 1.82) is 0 Å². The van der Waals surface area contributed by atoms with Crippen molar-refractivity contribution < 1.29 is 9.53 Å². The first kappa shape index (κ1) is 16.1. The first-order valence-corrected chi connectivity index (χ1v) is 7.54. The molecule has 3 N–H and O–H groups in total. The van der Waals surface area contributed by atoms with Gasteiger partial charge >= 0.3 is 0 Å². The SMILES string of the molecule is Cl.NC1CCCC(C(=O)Nc2ccc3c(c2)CCCO3)C1. The van der Waals surface area contributed by atoms with Gasteiger partial charge in [-0.25, -0.2) is 0 Å². The minimum absolute atomic E-state index is 0. The van der Waals surface area contributed by atoms with Crippen LogP contribution in [0.5, 0.6) is 5.75 Å². The predicted octanol–water partition coefficient (Wildman–Crippen LogP) is 2.89. The number of amides is 1. The summed E-state index contributed by atoms with van der Waals surface area (Å²) in [6, 6.07) is 6.09. The maximum atomic E-state index is 12.3. The Morgan fingerprint density at radius 3 is 2.95 bits per heavy atom. The lowest BCUT2D eigenvalue weighted by atomic mass is 9.85. The maximum Gasteiger partial charge on any atom is 0.227 e. The molecule has 1 aromatic carbocycles. The van der Waals surface area contributed by atoms with Gasteiger partial charge in [0.2, 0.25) is 5.91 Å². The van der Waals surface area contributed by atoms with E-state index in [-0.39, 0.29) is 30.3 Å². The van der Waals surface area contributed by atoms with Gasteiger partial charge in [-0.2, -0.15) is 0 Å². The van der Waals surface area contributed by atoms with Crippen molar-refractivity contribution in [3.8, 4) is 5.75 Å². The highest BCUT2D eigenvalue weighted by atomic mass is 35.5. The van der Waals surface area contributed by atoms with Crippen LogP contribution in [0.15, 0.2) is 18.2 Å². The van der Waals surface area contributed by atoms with Crippen molar-refractivity contribution in [2.24, 2.45) is 11.7 Å². The summed E-state index contributed by atoms with van der Waals surface area (Å²) in [5.41, 5.74) is 8.01. The number of carbonyl (C=O) groups excluding carboxylic acids is 1. The lowest BCUT2D eigenvalue weighted by molar-refractivity contribution is -0.120. The number of anilines is 1. The van der Waals surface area contributed by atoms with Crippen molar-refractivity contribution in [1.82, 2.24) is 0 Å². The Morgan fingerprint density at radius 2 is 2.14 bits per heavy atom. The number of aryl methyl sites for hydroxylation is 1. The lowest BCUT2D eigenvalue weighted by Gasteiger charge is -2.26. The predicted molar refractivity (Wildman–Crippen MR) is 86.1 cm³/mol. The first-order chi connectivity index (χ1) is 9.72. The van der Waals surface area contributed by atoms with Gasteiger partial charge in [-0.05, 0) is 55.9 Å². The number of nitrogens with two attached hydrogens (primary N) is 1. The van der Waals surface area contributed by atoms with E-state index in [0.29, 0.717) is 0 Å². The summed E-state index contributed by atoms with van der Waals surface area (Å²) < 4.78 is 5.58. The summed E-state index contributed by atoms with van der Waals surface area (Å²) in [7, 11) is 0. The average molecular weight is 311 g/mol. The second-order valence-corrected chi connectivity index (χ2v) is 5.89. The van der Waals surface area contributed by atoms with Crippen LogP contribution >= 0.6 is 12.4 Å². The monoisotopic (exact) mass is 310 g/mol. The molecule has 0 aromatic heterocycles. The van der Waals surface area contributed by atoms with Gasteiger partial charge in [-0.1, -0.05) is 6.42 Å². The molecule has 0 spiro atoms. The summed E-state index contributed by atoms with van der Waals surface area (Å²) in [5.74, 6) is 1.12. The van der Waals surface area contributed by atoms with Gasteiger partial charge in [0, 0.05) is 17.6 Å². The van der Waals surface area contributed by atoms with Crippen LogP contribution < -0.4 is 15.8 Å².